The van der Waals surface area contributed by atoms with Crippen molar-refractivity contribution in [3.8, 4) is 0 Å². The SMILES string of the molecule is CCC(C)(CC(C)(CC)OC)NC(=O)N1CCCC1C(=O)NC(C)(C)CC(C)(C)OC. The van der Waals surface area contributed by atoms with Gasteiger partial charge in [-0.25, -0.2) is 4.79 Å². The molecule has 3 amide bonds. The molecular weight excluding hydrogens is 394 g/mol. The number of methoxy groups -OCH3 is 2. The minimum absolute atomic E-state index is 0.0990. The average molecular weight is 442 g/mol. The summed E-state index contributed by atoms with van der Waals surface area (Å²) >= 11 is 0. The molecule has 0 radical (unpaired) electrons. The number of nitrogens with one attached hydrogen (secondary N) is 2. The summed E-state index contributed by atoms with van der Waals surface area (Å²) < 4.78 is 11.2. The van der Waals surface area contributed by atoms with E-state index in [0.29, 0.717) is 25.8 Å². The number of amides is 3. The van der Waals surface area contributed by atoms with E-state index in [1.807, 2.05) is 27.7 Å². The number of hydrogen-bond donors (Lipinski definition) is 2. The molecular formula is C24H47N3O4. The van der Waals surface area contributed by atoms with Gasteiger partial charge < -0.3 is 25.0 Å². The van der Waals surface area contributed by atoms with Crippen molar-refractivity contribution in [2.75, 3.05) is 20.8 Å². The molecule has 0 aromatic heterocycles. The molecule has 1 aliphatic heterocycles. The van der Waals surface area contributed by atoms with E-state index < -0.39 is 17.1 Å². The zero-order valence-electron chi connectivity index (χ0n) is 21.6. The van der Waals surface area contributed by atoms with Gasteiger partial charge in [-0.05, 0) is 80.1 Å². The average Bonchev–Trinajstić information content (AvgIpc) is 3.17. The van der Waals surface area contributed by atoms with Gasteiger partial charge in [-0.3, -0.25) is 4.79 Å². The van der Waals surface area contributed by atoms with E-state index in [1.165, 1.54) is 0 Å². The number of urea groups is 1. The topological polar surface area (TPSA) is 79.9 Å². The highest BCUT2D eigenvalue weighted by atomic mass is 16.5. The second kappa shape index (κ2) is 10.5. The number of rotatable bonds is 11. The standard InChI is InChI=1S/C24H47N3O4/c1-11-23(7,17-24(8,12-2)31-10)26-20(29)27-15-13-14-18(27)19(28)25-21(3,4)16-22(5,6)30-9/h18H,11-17H2,1-10H3,(H,25,28)(H,26,29). The third-order valence-electron chi connectivity index (χ3n) is 6.89. The van der Waals surface area contributed by atoms with Crippen LogP contribution in [0.15, 0.2) is 0 Å². The highest BCUT2D eigenvalue weighted by molar-refractivity contribution is 5.88. The number of ether oxygens (including phenoxy) is 2. The lowest BCUT2D eigenvalue weighted by atomic mass is 9.83. The van der Waals surface area contributed by atoms with Crippen LogP contribution in [0.25, 0.3) is 0 Å². The summed E-state index contributed by atoms with van der Waals surface area (Å²) in [7, 11) is 3.40. The van der Waals surface area contributed by atoms with Crippen LogP contribution in [0.4, 0.5) is 4.79 Å². The molecule has 1 aliphatic rings. The first-order valence-electron chi connectivity index (χ1n) is 11.7. The van der Waals surface area contributed by atoms with E-state index in [1.54, 1.807) is 19.1 Å². The fraction of sp³-hybridized carbons (Fsp3) is 0.917. The minimum atomic E-state index is -0.453. The monoisotopic (exact) mass is 441 g/mol. The summed E-state index contributed by atoms with van der Waals surface area (Å²) in [5.41, 5.74) is -1.51. The van der Waals surface area contributed by atoms with E-state index >= 15 is 0 Å². The van der Waals surface area contributed by atoms with Gasteiger partial charge in [0.25, 0.3) is 0 Å². The van der Waals surface area contributed by atoms with Crippen molar-refractivity contribution in [2.24, 2.45) is 0 Å². The third kappa shape index (κ3) is 7.94. The quantitative estimate of drug-likeness (QED) is 0.502. The number of nitrogens with zero attached hydrogens (tertiary/aromatic N) is 1. The molecule has 0 aromatic carbocycles. The van der Waals surface area contributed by atoms with E-state index in [2.05, 4.69) is 38.3 Å². The van der Waals surface area contributed by atoms with Gasteiger partial charge in [-0.1, -0.05) is 13.8 Å². The van der Waals surface area contributed by atoms with Crippen LogP contribution in [0.3, 0.4) is 0 Å². The maximum absolute atomic E-state index is 13.2. The normalized spacial score (nSPS) is 21.4. The van der Waals surface area contributed by atoms with Crippen molar-refractivity contribution in [2.45, 2.75) is 122 Å². The molecule has 0 bridgehead atoms. The van der Waals surface area contributed by atoms with Crippen LogP contribution < -0.4 is 10.6 Å². The summed E-state index contributed by atoms with van der Waals surface area (Å²) in [5, 5.41) is 6.36. The van der Waals surface area contributed by atoms with Crippen LogP contribution in [-0.4, -0.2) is 65.9 Å². The maximum Gasteiger partial charge on any atom is 0.318 e. The summed E-state index contributed by atoms with van der Waals surface area (Å²) in [5.74, 6) is -0.0990. The molecule has 1 saturated heterocycles. The molecule has 3 atom stereocenters. The van der Waals surface area contributed by atoms with Gasteiger partial charge in [0.15, 0.2) is 0 Å². The van der Waals surface area contributed by atoms with Gasteiger partial charge in [0.05, 0.1) is 11.2 Å². The fourth-order valence-electron chi connectivity index (χ4n) is 4.63. The number of carbonyl (C=O) groups excluding carboxylic acids is 2. The molecule has 3 unspecified atom stereocenters. The molecule has 1 rings (SSSR count). The Balaban J connectivity index is 2.87. The fourth-order valence-corrected chi connectivity index (χ4v) is 4.63. The Hall–Kier alpha value is -1.34. The predicted octanol–water partition coefficient (Wildman–Crippen LogP) is 4.24. The Bertz CT molecular complexity index is 616. The molecule has 2 N–H and O–H groups in total. The van der Waals surface area contributed by atoms with Crippen LogP contribution in [-0.2, 0) is 14.3 Å². The van der Waals surface area contributed by atoms with E-state index in [-0.39, 0.29) is 23.1 Å². The molecule has 0 spiro atoms. The molecule has 7 heteroatoms. The number of likely N-dealkylation sites (tertiary alicyclic amines) is 1. The van der Waals surface area contributed by atoms with E-state index in [9.17, 15) is 9.59 Å². The largest absolute Gasteiger partial charge is 0.379 e. The Morgan fingerprint density at radius 1 is 0.935 bits per heavy atom. The molecule has 0 aromatic rings. The van der Waals surface area contributed by atoms with Gasteiger partial charge in [0.1, 0.15) is 6.04 Å². The van der Waals surface area contributed by atoms with Crippen LogP contribution in [0.1, 0.15) is 93.9 Å². The molecule has 0 saturated carbocycles. The van der Waals surface area contributed by atoms with Crippen molar-refractivity contribution < 1.29 is 19.1 Å². The Kier molecular flexibility index (Phi) is 9.40. The molecule has 182 valence electrons. The van der Waals surface area contributed by atoms with E-state index in [4.69, 9.17) is 9.47 Å². The lowest BCUT2D eigenvalue weighted by Gasteiger charge is -2.40. The third-order valence-corrected chi connectivity index (χ3v) is 6.89. The smallest absolute Gasteiger partial charge is 0.318 e. The summed E-state index contributed by atoms with van der Waals surface area (Å²) in [6.07, 6.45) is 4.51. The first-order valence-corrected chi connectivity index (χ1v) is 11.7. The first kappa shape index (κ1) is 27.7. The second-order valence-electron chi connectivity index (χ2n) is 10.9. The second-order valence-corrected chi connectivity index (χ2v) is 10.9. The van der Waals surface area contributed by atoms with Crippen LogP contribution >= 0.6 is 0 Å². The van der Waals surface area contributed by atoms with Gasteiger partial charge in [0, 0.05) is 31.8 Å². The lowest BCUT2D eigenvalue weighted by molar-refractivity contribution is -0.127. The van der Waals surface area contributed by atoms with Gasteiger partial charge >= 0.3 is 6.03 Å². The lowest BCUT2D eigenvalue weighted by Crippen LogP contribution is -2.59. The van der Waals surface area contributed by atoms with Crippen molar-refractivity contribution in [3.05, 3.63) is 0 Å². The van der Waals surface area contributed by atoms with Crippen molar-refractivity contribution in [1.82, 2.24) is 15.5 Å². The van der Waals surface area contributed by atoms with Crippen molar-refractivity contribution >= 4 is 11.9 Å². The van der Waals surface area contributed by atoms with E-state index in [0.717, 1.165) is 19.3 Å². The minimum Gasteiger partial charge on any atom is -0.379 e. The zero-order valence-corrected chi connectivity index (χ0v) is 21.6. The van der Waals surface area contributed by atoms with Gasteiger partial charge in [-0.2, -0.15) is 0 Å². The molecule has 1 heterocycles. The van der Waals surface area contributed by atoms with Gasteiger partial charge in [-0.15, -0.1) is 0 Å². The zero-order chi connectivity index (χ0) is 24.1. The Labute approximate surface area is 190 Å². The van der Waals surface area contributed by atoms with Crippen molar-refractivity contribution in [3.63, 3.8) is 0 Å². The molecule has 7 nitrogen and oxygen atoms in total. The Morgan fingerprint density at radius 2 is 1.55 bits per heavy atom. The highest BCUT2D eigenvalue weighted by Gasteiger charge is 2.41. The van der Waals surface area contributed by atoms with Gasteiger partial charge in [0.2, 0.25) is 5.91 Å². The predicted molar refractivity (Wildman–Crippen MR) is 125 cm³/mol. The van der Waals surface area contributed by atoms with Crippen LogP contribution in [0.5, 0.6) is 0 Å². The van der Waals surface area contributed by atoms with Crippen LogP contribution in [0, 0.1) is 0 Å². The molecule has 0 aliphatic carbocycles. The molecule has 1 fully saturated rings. The number of hydrogen-bond acceptors (Lipinski definition) is 4. The Morgan fingerprint density at radius 3 is 2.03 bits per heavy atom. The summed E-state index contributed by atoms with van der Waals surface area (Å²) in [6.45, 7) is 16.9. The first-order chi connectivity index (χ1) is 14.2. The molecule has 31 heavy (non-hydrogen) atoms. The number of carbonyl (C=O) groups is 2. The van der Waals surface area contributed by atoms with Crippen molar-refractivity contribution in [1.29, 1.82) is 0 Å². The summed E-state index contributed by atoms with van der Waals surface area (Å²) in [4.78, 5) is 28.0. The summed E-state index contributed by atoms with van der Waals surface area (Å²) in [6, 6.07) is -0.627. The highest BCUT2D eigenvalue weighted by Crippen LogP contribution is 2.30. The maximum atomic E-state index is 13.2. The van der Waals surface area contributed by atoms with Crippen LogP contribution in [0.2, 0.25) is 0 Å².